The SMILES string of the molecule is Cc1ncsc1-c1ccc([C@H](C)NC(=O)[C@@H]2C[C@@H](O)CN2C(=O)[C@@H](NC(=O)CCCCCOc2cccc(-c3ccc(N4CCc5cccc(C(=O)Nc6nc7ccccc7s6)c5C4)nc3C(=O)O)c2C)C(C)(C)C)cc1. The lowest BCUT2D eigenvalue weighted by molar-refractivity contribution is -0.144. The Kier molecular flexibility index (Phi) is 16.5. The van der Waals surface area contributed by atoms with Crippen LogP contribution in [0.1, 0.15) is 115 Å². The zero-order chi connectivity index (χ0) is 54.5. The summed E-state index contributed by atoms with van der Waals surface area (Å²) < 4.78 is 7.21. The number of carboxylic acids is 1. The summed E-state index contributed by atoms with van der Waals surface area (Å²) in [5, 5.41) is 30.7. The number of amides is 4. The maximum atomic E-state index is 14.2. The summed E-state index contributed by atoms with van der Waals surface area (Å²) >= 11 is 2.98. The number of para-hydroxylation sites is 1. The molecule has 2 aliphatic rings. The minimum absolute atomic E-state index is 0.0180. The van der Waals surface area contributed by atoms with Gasteiger partial charge in [-0.05, 0) is 122 Å². The average molecular weight is 1080 g/mol. The van der Waals surface area contributed by atoms with E-state index in [4.69, 9.17) is 9.72 Å². The fraction of sp³-hybridized carbons (Fsp3) is 0.356. The van der Waals surface area contributed by atoms with Crippen molar-refractivity contribution in [3.63, 3.8) is 0 Å². The molecule has 3 aromatic heterocycles. The maximum Gasteiger partial charge on any atom is 0.355 e. The molecule has 5 N–H and O–H groups in total. The number of benzene rings is 4. The number of aromatic carboxylic acids is 1. The second-order valence-corrected chi connectivity index (χ2v) is 22.8. The van der Waals surface area contributed by atoms with Gasteiger partial charge in [-0.15, -0.1) is 11.3 Å². The number of rotatable bonds is 18. The van der Waals surface area contributed by atoms with Crippen molar-refractivity contribution in [1.29, 1.82) is 0 Å². The fourth-order valence-corrected chi connectivity index (χ4v) is 11.8. The van der Waals surface area contributed by atoms with Crippen LogP contribution in [0.25, 0.3) is 31.8 Å². The molecule has 4 atom stereocenters. The molecule has 400 valence electrons. The van der Waals surface area contributed by atoms with Gasteiger partial charge < -0.3 is 35.4 Å². The van der Waals surface area contributed by atoms with Gasteiger partial charge >= 0.3 is 5.97 Å². The molecule has 18 heteroatoms. The van der Waals surface area contributed by atoms with Gasteiger partial charge in [-0.2, -0.15) is 0 Å². The molecule has 0 bridgehead atoms. The summed E-state index contributed by atoms with van der Waals surface area (Å²) in [4.78, 5) is 86.0. The number of β-amino-alcohol motifs (C(OH)–C–C–N with tert-alkyl or cyclic N) is 1. The molecule has 2 aliphatic heterocycles. The number of carbonyl (C=O) groups is 5. The van der Waals surface area contributed by atoms with Crippen LogP contribution in [0.4, 0.5) is 10.9 Å². The van der Waals surface area contributed by atoms with Crippen LogP contribution in [-0.4, -0.2) is 97.5 Å². The average Bonchev–Trinajstić information content (AvgIpc) is 4.18. The number of aryl methyl sites for hydroxylation is 1. The predicted octanol–water partition coefficient (Wildman–Crippen LogP) is 9.92. The number of aliphatic hydroxyl groups excluding tert-OH is 1. The van der Waals surface area contributed by atoms with Gasteiger partial charge in [-0.25, -0.2) is 19.7 Å². The van der Waals surface area contributed by atoms with Crippen LogP contribution in [-0.2, 0) is 27.3 Å². The smallest absolute Gasteiger partial charge is 0.355 e. The van der Waals surface area contributed by atoms with Crippen molar-refractivity contribution in [3.8, 4) is 27.3 Å². The van der Waals surface area contributed by atoms with Gasteiger partial charge in [0.25, 0.3) is 5.91 Å². The molecule has 0 unspecified atom stereocenters. The first-order valence-electron chi connectivity index (χ1n) is 26.0. The second kappa shape index (κ2) is 23.4. The maximum absolute atomic E-state index is 14.2. The highest BCUT2D eigenvalue weighted by atomic mass is 32.1. The number of ether oxygens (including phenoxy) is 1. The van der Waals surface area contributed by atoms with Crippen LogP contribution in [0, 0.1) is 19.3 Å². The van der Waals surface area contributed by atoms with Crippen LogP contribution < -0.4 is 25.6 Å². The van der Waals surface area contributed by atoms with Gasteiger partial charge in [0.15, 0.2) is 10.8 Å². The second-order valence-electron chi connectivity index (χ2n) is 20.9. The Morgan fingerprint density at radius 3 is 2.39 bits per heavy atom. The quantitative estimate of drug-likeness (QED) is 0.0508. The van der Waals surface area contributed by atoms with E-state index in [0.717, 1.165) is 48.6 Å². The monoisotopic (exact) mass is 1080 g/mol. The summed E-state index contributed by atoms with van der Waals surface area (Å²) in [5.41, 5.74) is 9.05. The van der Waals surface area contributed by atoms with E-state index in [1.54, 1.807) is 23.5 Å². The first-order chi connectivity index (χ1) is 36.9. The largest absolute Gasteiger partial charge is 0.493 e. The summed E-state index contributed by atoms with van der Waals surface area (Å²) in [6, 6.07) is 28.3. The van der Waals surface area contributed by atoms with E-state index in [9.17, 15) is 34.2 Å². The Morgan fingerprint density at radius 1 is 0.870 bits per heavy atom. The molecule has 4 aromatic carbocycles. The number of anilines is 2. The third-order valence-corrected chi connectivity index (χ3v) is 16.3. The standard InChI is InChI=1S/C59H64N8O8S2/c1-34-41(42-25-26-49(63-51(42)57(73)74)66-28-27-38-14-12-16-43(44(38)32-66)54(70)65-58-62-45-17-9-10-19-48(45)77-58)15-13-18-47(34)75-29-11-7-8-20-50(69)64-53(59(4,5)6)56(72)67-31-40(68)30-46(67)55(71)61-35(2)37-21-23-39(24-22-37)52-36(3)60-33-76-52/h9-10,12-19,21-26,33,35,40,46,53,68H,7-8,11,20,27-32H2,1-6H3,(H,61,71)(H,64,69)(H,73,74)(H,62,65,70)/t35-,40+,46-,53+/m0/s1. The first kappa shape index (κ1) is 54.3. The number of hydrogen-bond donors (Lipinski definition) is 5. The predicted molar refractivity (Wildman–Crippen MR) is 300 cm³/mol. The molecule has 0 spiro atoms. The lowest BCUT2D eigenvalue weighted by atomic mass is 9.85. The number of likely N-dealkylation sites (tertiary alicyclic amines) is 1. The lowest BCUT2D eigenvalue weighted by Gasteiger charge is -2.35. The number of aliphatic hydroxyl groups is 1. The molecule has 0 aliphatic carbocycles. The van der Waals surface area contributed by atoms with Crippen LogP contribution >= 0.6 is 22.7 Å². The van der Waals surface area contributed by atoms with Crippen molar-refractivity contribution in [2.24, 2.45) is 5.41 Å². The van der Waals surface area contributed by atoms with Crippen LogP contribution in [0.5, 0.6) is 5.75 Å². The molecule has 9 rings (SSSR count). The normalized spacial score (nSPS) is 16.1. The van der Waals surface area contributed by atoms with Crippen molar-refractivity contribution in [3.05, 3.63) is 142 Å². The number of aromatic nitrogens is 3. The van der Waals surface area contributed by atoms with Crippen LogP contribution in [0.3, 0.4) is 0 Å². The van der Waals surface area contributed by atoms with E-state index in [1.165, 1.54) is 16.2 Å². The fourth-order valence-electron chi connectivity index (χ4n) is 10.1. The number of thiazole rings is 2. The van der Waals surface area contributed by atoms with E-state index in [0.29, 0.717) is 78.8 Å². The lowest BCUT2D eigenvalue weighted by Crippen LogP contribution is -2.57. The summed E-state index contributed by atoms with van der Waals surface area (Å²) in [7, 11) is 0. The number of pyridine rings is 1. The third kappa shape index (κ3) is 12.4. The first-order valence-corrected chi connectivity index (χ1v) is 27.7. The highest BCUT2D eigenvalue weighted by molar-refractivity contribution is 7.22. The van der Waals surface area contributed by atoms with Crippen LogP contribution in [0.2, 0.25) is 0 Å². The Balaban J connectivity index is 0.767. The van der Waals surface area contributed by atoms with Crippen molar-refractivity contribution in [2.75, 3.05) is 29.9 Å². The van der Waals surface area contributed by atoms with Gasteiger partial charge in [0.2, 0.25) is 17.7 Å². The highest BCUT2D eigenvalue weighted by Crippen LogP contribution is 2.36. The molecular weight excluding hydrogens is 1010 g/mol. The summed E-state index contributed by atoms with van der Waals surface area (Å²) in [5.74, 6) is -1.42. The van der Waals surface area contributed by atoms with E-state index in [2.05, 4.69) is 25.9 Å². The molecule has 0 radical (unpaired) electrons. The van der Waals surface area contributed by atoms with Gasteiger partial charge in [0.1, 0.15) is 23.7 Å². The van der Waals surface area contributed by atoms with Gasteiger partial charge in [0.05, 0.1) is 45.1 Å². The number of nitrogens with zero attached hydrogens (tertiary/aromatic N) is 5. The molecule has 5 heterocycles. The number of unbranched alkanes of at least 4 members (excludes halogenated alkanes) is 2. The van der Waals surface area contributed by atoms with Crippen molar-refractivity contribution < 1.29 is 38.9 Å². The molecular formula is C59H64N8O8S2. The van der Waals surface area contributed by atoms with Gasteiger partial charge in [0, 0.05) is 43.6 Å². The zero-order valence-corrected chi connectivity index (χ0v) is 45.7. The Hall–Kier alpha value is -7.54. The summed E-state index contributed by atoms with van der Waals surface area (Å²) in [6.07, 6.45) is 1.86. The number of carboxylic acid groups (broad SMARTS) is 1. The number of fused-ring (bicyclic) bond motifs is 2. The topological polar surface area (TPSA) is 216 Å². The number of carbonyl (C=O) groups excluding carboxylic acids is 4. The molecule has 7 aromatic rings. The molecule has 1 saturated heterocycles. The number of hydrogen-bond acceptors (Lipinski definition) is 13. The van der Waals surface area contributed by atoms with E-state index >= 15 is 0 Å². The minimum Gasteiger partial charge on any atom is -0.493 e. The van der Waals surface area contributed by atoms with Gasteiger partial charge in [-0.3, -0.25) is 24.5 Å². The third-order valence-electron chi connectivity index (χ3n) is 14.4. The molecule has 0 saturated carbocycles. The van der Waals surface area contributed by atoms with Crippen molar-refractivity contribution in [1.82, 2.24) is 30.5 Å². The minimum atomic E-state index is -1.17. The van der Waals surface area contributed by atoms with Gasteiger partial charge in [-0.1, -0.05) is 92.8 Å². The Bertz CT molecular complexity index is 3300. The Morgan fingerprint density at radius 2 is 1.65 bits per heavy atom. The van der Waals surface area contributed by atoms with Crippen molar-refractivity contribution >= 4 is 73.4 Å². The molecule has 16 nitrogen and oxygen atoms in total. The molecule has 1 fully saturated rings. The zero-order valence-electron chi connectivity index (χ0n) is 44.1. The van der Waals surface area contributed by atoms with E-state index in [1.807, 2.05) is 137 Å². The van der Waals surface area contributed by atoms with E-state index in [-0.39, 0.29) is 48.8 Å². The van der Waals surface area contributed by atoms with Crippen LogP contribution in [0.15, 0.2) is 103 Å². The molecule has 4 amide bonds. The summed E-state index contributed by atoms with van der Waals surface area (Å²) in [6.45, 7) is 12.6. The Labute approximate surface area is 455 Å². The van der Waals surface area contributed by atoms with E-state index < -0.39 is 35.5 Å². The highest BCUT2D eigenvalue weighted by Gasteiger charge is 2.45. The van der Waals surface area contributed by atoms with Crippen molar-refractivity contribution in [2.45, 2.75) is 111 Å². The molecule has 77 heavy (non-hydrogen) atoms. The number of nitrogens with one attached hydrogen (secondary N) is 3.